The van der Waals surface area contributed by atoms with Crippen LogP contribution in [-0.4, -0.2) is 0 Å². The van der Waals surface area contributed by atoms with Crippen molar-refractivity contribution in [2.75, 3.05) is 0 Å². The Kier molecular flexibility index (Phi) is 23.8. The molecule has 0 saturated carbocycles. The van der Waals surface area contributed by atoms with Crippen LogP contribution in [0.15, 0.2) is 48.6 Å². The smallest absolute Gasteiger partial charge is 0.0351 e. The van der Waals surface area contributed by atoms with E-state index in [0.29, 0.717) is 0 Å². The summed E-state index contributed by atoms with van der Waals surface area (Å²) in [5.74, 6) is 0. The van der Waals surface area contributed by atoms with E-state index in [1.807, 2.05) is 0 Å². The molecule has 0 N–H and O–H groups in total. The number of hydrogen-bond acceptors (Lipinski definition) is 0. The van der Waals surface area contributed by atoms with E-state index in [-0.39, 0.29) is 0 Å². The summed E-state index contributed by atoms with van der Waals surface area (Å²) in [6, 6.07) is 0. The summed E-state index contributed by atoms with van der Waals surface area (Å²) in [6.07, 6.45) is 52.0. The molecule has 1 aliphatic carbocycles. The van der Waals surface area contributed by atoms with Crippen LogP contribution in [-0.2, 0) is 0 Å². The third-order valence-corrected chi connectivity index (χ3v) is 6.63. The molecule has 0 heterocycles. The van der Waals surface area contributed by atoms with Gasteiger partial charge in [-0.25, -0.2) is 0 Å². The van der Waals surface area contributed by atoms with E-state index >= 15 is 0 Å². The lowest BCUT2D eigenvalue weighted by molar-refractivity contribution is 0.620. The summed E-state index contributed by atoms with van der Waals surface area (Å²) >= 11 is 0. The van der Waals surface area contributed by atoms with Crippen molar-refractivity contribution in [2.24, 2.45) is 0 Å². The van der Waals surface area contributed by atoms with Crippen LogP contribution in [0.1, 0.15) is 154 Å². The van der Waals surface area contributed by atoms with Crippen molar-refractivity contribution in [2.45, 2.75) is 154 Å². The summed E-state index contributed by atoms with van der Waals surface area (Å²) in [4.78, 5) is 0. The molecule has 0 aromatic rings. The lowest BCUT2D eigenvalue weighted by Gasteiger charge is -2.00. The van der Waals surface area contributed by atoms with Gasteiger partial charge in [0, 0.05) is 0 Å². The summed E-state index contributed by atoms with van der Waals surface area (Å²) in [5, 5.41) is 0. The Morgan fingerprint density at radius 1 is 0.156 bits per heavy atom. The van der Waals surface area contributed by atoms with Crippen molar-refractivity contribution >= 4 is 0 Å². The molecule has 0 aromatic heterocycles. The van der Waals surface area contributed by atoms with Crippen LogP contribution >= 0.6 is 0 Å². The first-order valence-electron chi connectivity index (χ1n) is 14.6. The molecule has 0 nitrogen and oxygen atoms in total. The normalized spacial score (nSPS) is 22.0. The fourth-order valence-corrected chi connectivity index (χ4v) is 4.45. The Balaban J connectivity index is 2.13. The molecule has 0 heteroatoms. The fourth-order valence-electron chi connectivity index (χ4n) is 4.45. The maximum absolute atomic E-state index is 2.44. The Bertz CT molecular complexity index is 464. The van der Waals surface area contributed by atoms with Crippen molar-refractivity contribution in [3.63, 3.8) is 0 Å². The molecule has 0 amide bonds. The van der Waals surface area contributed by atoms with E-state index in [2.05, 4.69) is 48.6 Å². The predicted octanol–water partition coefficient (Wildman–Crippen LogP) is 11.6. The van der Waals surface area contributed by atoms with Gasteiger partial charge in [-0.1, -0.05) is 100.0 Å². The molecule has 0 unspecified atom stereocenters. The van der Waals surface area contributed by atoms with E-state index in [9.17, 15) is 0 Å². The Morgan fingerprint density at radius 3 is 0.469 bits per heavy atom. The topological polar surface area (TPSA) is 0 Å². The minimum Gasteiger partial charge on any atom is -0.0885 e. The van der Waals surface area contributed by atoms with E-state index in [4.69, 9.17) is 0 Å². The third kappa shape index (κ3) is 23.6. The maximum Gasteiger partial charge on any atom is -0.0351 e. The molecule has 1 rings (SSSR count). The van der Waals surface area contributed by atoms with Crippen molar-refractivity contribution in [1.82, 2.24) is 0 Å². The Morgan fingerprint density at radius 2 is 0.281 bits per heavy atom. The second kappa shape index (κ2) is 26.2. The zero-order valence-electron chi connectivity index (χ0n) is 21.6. The molecule has 0 fully saturated rings. The molecule has 32 heavy (non-hydrogen) atoms. The van der Waals surface area contributed by atoms with Gasteiger partial charge < -0.3 is 0 Å². The van der Waals surface area contributed by atoms with Crippen LogP contribution in [0.3, 0.4) is 0 Å². The second-order valence-electron chi connectivity index (χ2n) is 9.85. The van der Waals surface area contributed by atoms with E-state index < -0.39 is 0 Å². The van der Waals surface area contributed by atoms with Gasteiger partial charge in [-0.05, 0) is 103 Å². The molecule has 1 aliphatic rings. The predicted molar refractivity (Wildman–Crippen MR) is 147 cm³/mol. The number of allylic oxidation sites excluding steroid dienone is 8. The largest absolute Gasteiger partial charge is 0.0885 e. The minimum atomic E-state index is 1.28. The van der Waals surface area contributed by atoms with Crippen molar-refractivity contribution in [3.05, 3.63) is 48.6 Å². The molecular weight excluding hydrogens is 384 g/mol. The summed E-state index contributed by atoms with van der Waals surface area (Å²) in [5.41, 5.74) is 0. The second-order valence-corrected chi connectivity index (χ2v) is 9.85. The van der Waals surface area contributed by atoms with Crippen molar-refractivity contribution < 1.29 is 0 Å². The lowest BCUT2D eigenvalue weighted by Crippen LogP contribution is -1.80. The van der Waals surface area contributed by atoms with Gasteiger partial charge in [0.2, 0.25) is 0 Å². The monoisotopic (exact) mass is 440 g/mol. The van der Waals surface area contributed by atoms with Crippen LogP contribution < -0.4 is 0 Å². The quantitative estimate of drug-likeness (QED) is 0.328. The summed E-state index contributed by atoms with van der Waals surface area (Å²) in [7, 11) is 0. The molecule has 0 saturated heterocycles. The van der Waals surface area contributed by atoms with Crippen molar-refractivity contribution in [3.8, 4) is 0 Å². The molecule has 0 atom stereocenters. The van der Waals surface area contributed by atoms with Gasteiger partial charge >= 0.3 is 0 Å². The lowest BCUT2D eigenvalue weighted by atomic mass is 10.1. The first kappa shape index (κ1) is 29.0. The SMILES string of the molecule is C1=CCCCCCCC=CCCCCCCC=CCCCCCCCC=CCCCCC1. The van der Waals surface area contributed by atoms with Crippen LogP contribution in [0, 0.1) is 0 Å². The first-order valence-corrected chi connectivity index (χ1v) is 14.6. The average molecular weight is 441 g/mol. The Hall–Kier alpha value is -1.04. The highest BCUT2D eigenvalue weighted by Gasteiger charge is 1.92. The minimum absolute atomic E-state index is 1.28. The first-order chi connectivity index (χ1) is 16.0. The van der Waals surface area contributed by atoms with Crippen LogP contribution in [0.5, 0.6) is 0 Å². The highest BCUT2D eigenvalue weighted by Crippen LogP contribution is 2.12. The molecule has 0 spiro atoms. The Labute approximate surface area is 202 Å². The molecule has 0 bridgehead atoms. The number of hydrogen-bond donors (Lipinski definition) is 0. The van der Waals surface area contributed by atoms with Crippen LogP contribution in [0.25, 0.3) is 0 Å². The molecule has 0 radical (unpaired) electrons. The maximum atomic E-state index is 2.44. The summed E-state index contributed by atoms with van der Waals surface area (Å²) in [6.45, 7) is 0. The zero-order chi connectivity index (χ0) is 22.6. The molecule has 184 valence electrons. The average Bonchev–Trinajstić information content (AvgIpc) is 2.80. The molecular formula is C32H56. The van der Waals surface area contributed by atoms with Gasteiger partial charge in [0.1, 0.15) is 0 Å². The molecule has 0 aliphatic heterocycles. The van der Waals surface area contributed by atoms with Gasteiger partial charge in [-0.3, -0.25) is 0 Å². The van der Waals surface area contributed by atoms with Gasteiger partial charge in [0.25, 0.3) is 0 Å². The van der Waals surface area contributed by atoms with Gasteiger partial charge in [-0.15, -0.1) is 0 Å². The van der Waals surface area contributed by atoms with E-state index in [1.54, 1.807) is 0 Å². The van der Waals surface area contributed by atoms with E-state index in [1.165, 1.54) is 154 Å². The standard InChI is InChI=1S/C32H56/c1-2-4-6-8-10-12-14-16-18-20-22-24-26-28-30-32-31-29-27-25-23-21-19-17-15-13-11-9-7-5-3-1/h1-2,13,15-16,18,31-32H,3-12,14,17,19-30H2. The van der Waals surface area contributed by atoms with Gasteiger partial charge in [-0.2, -0.15) is 0 Å². The fraction of sp³-hybridized carbons (Fsp3) is 0.750. The molecule has 0 aromatic carbocycles. The zero-order valence-corrected chi connectivity index (χ0v) is 21.6. The van der Waals surface area contributed by atoms with Gasteiger partial charge in [0.15, 0.2) is 0 Å². The van der Waals surface area contributed by atoms with E-state index in [0.717, 1.165) is 0 Å². The van der Waals surface area contributed by atoms with Crippen LogP contribution in [0.2, 0.25) is 0 Å². The number of rotatable bonds is 0. The summed E-state index contributed by atoms with van der Waals surface area (Å²) < 4.78 is 0. The van der Waals surface area contributed by atoms with Gasteiger partial charge in [0.05, 0.1) is 0 Å². The third-order valence-electron chi connectivity index (χ3n) is 6.63. The van der Waals surface area contributed by atoms with Crippen LogP contribution in [0.4, 0.5) is 0 Å². The highest BCUT2D eigenvalue weighted by atomic mass is 14.0. The van der Waals surface area contributed by atoms with Crippen molar-refractivity contribution in [1.29, 1.82) is 0 Å². The highest BCUT2D eigenvalue weighted by molar-refractivity contribution is 4.84.